The third-order valence-corrected chi connectivity index (χ3v) is 7.49. The van der Waals surface area contributed by atoms with Crippen LogP contribution >= 0.6 is 0 Å². The number of carbonyl (C=O) groups excluding carboxylic acids is 4. The highest BCUT2D eigenvalue weighted by Gasteiger charge is 2.39. The molecule has 0 radical (unpaired) electrons. The average Bonchev–Trinajstić information content (AvgIpc) is 3.33. The highest BCUT2D eigenvalue weighted by atomic mass is 16.6. The molecule has 4 amide bonds. The number of hydrogen-bond donors (Lipinski definition) is 0. The predicted molar refractivity (Wildman–Crippen MR) is 141 cm³/mol. The van der Waals surface area contributed by atoms with E-state index in [9.17, 15) is 29.3 Å². The molecule has 0 saturated heterocycles. The summed E-state index contributed by atoms with van der Waals surface area (Å²) in [6.07, 6.45) is 0.369. The minimum Gasteiger partial charge on any atom is -0.297 e. The highest BCUT2D eigenvalue weighted by Crippen LogP contribution is 2.26. The first kappa shape index (κ1) is 25.9. The maximum atomic E-state index is 13.1. The SMILES string of the molecule is C[C@H](CN1C(=O)c2ccccc2C1=O)N(C)[C@@H](Cc1ccc([N+](=O)[O-])cc1)CN1C(=O)c2ccccc2C1=O. The van der Waals surface area contributed by atoms with Gasteiger partial charge in [-0.2, -0.15) is 0 Å². The Labute approximate surface area is 224 Å². The largest absolute Gasteiger partial charge is 0.297 e. The van der Waals surface area contributed by atoms with Crippen LogP contribution in [0.25, 0.3) is 0 Å². The minimum absolute atomic E-state index is 0.0389. The number of nitro groups is 1. The standard InChI is InChI=1S/C29H26N4O6/c1-18(16-31-26(34)22-7-3-4-8-23(22)27(31)35)30(2)21(15-19-11-13-20(14-12-19)33(38)39)17-32-28(36)24-9-5-6-10-25(24)29(32)37/h3-14,18,21H,15-17H2,1-2H3/t18-,21+/m1/s1. The van der Waals surface area contributed by atoms with E-state index in [-0.39, 0.29) is 48.4 Å². The molecule has 39 heavy (non-hydrogen) atoms. The first-order valence-corrected chi connectivity index (χ1v) is 12.5. The van der Waals surface area contributed by atoms with E-state index >= 15 is 0 Å². The molecule has 0 bridgehead atoms. The van der Waals surface area contributed by atoms with Gasteiger partial charge in [-0.15, -0.1) is 0 Å². The summed E-state index contributed by atoms with van der Waals surface area (Å²) < 4.78 is 0. The van der Waals surface area contributed by atoms with E-state index in [2.05, 4.69) is 0 Å². The fourth-order valence-electron chi connectivity index (χ4n) is 5.14. The van der Waals surface area contributed by atoms with Crippen LogP contribution in [0.1, 0.15) is 53.9 Å². The van der Waals surface area contributed by atoms with Gasteiger partial charge >= 0.3 is 0 Å². The van der Waals surface area contributed by atoms with Crippen LogP contribution in [0.3, 0.4) is 0 Å². The molecule has 0 saturated carbocycles. The lowest BCUT2D eigenvalue weighted by Crippen LogP contribution is -2.52. The van der Waals surface area contributed by atoms with Crippen molar-refractivity contribution < 1.29 is 24.1 Å². The maximum Gasteiger partial charge on any atom is 0.269 e. The molecule has 5 rings (SSSR count). The molecule has 2 atom stereocenters. The first-order valence-electron chi connectivity index (χ1n) is 12.5. The number of amides is 4. The lowest BCUT2D eigenvalue weighted by Gasteiger charge is -2.36. The zero-order chi connectivity index (χ0) is 27.8. The van der Waals surface area contributed by atoms with Gasteiger partial charge in [-0.1, -0.05) is 36.4 Å². The molecule has 0 spiro atoms. The third kappa shape index (κ3) is 4.70. The topological polar surface area (TPSA) is 121 Å². The fourth-order valence-corrected chi connectivity index (χ4v) is 5.14. The Kier molecular flexibility index (Phi) is 6.80. The molecule has 0 aliphatic carbocycles. The molecule has 3 aromatic carbocycles. The molecule has 0 N–H and O–H groups in total. The molecule has 10 heteroatoms. The van der Waals surface area contributed by atoms with Gasteiger partial charge in [-0.3, -0.25) is 44.0 Å². The minimum atomic E-state index is -0.476. The summed E-state index contributed by atoms with van der Waals surface area (Å²) >= 11 is 0. The van der Waals surface area contributed by atoms with Gasteiger partial charge in [-0.25, -0.2) is 0 Å². The number of likely N-dealkylation sites (N-methyl/N-ethyl adjacent to an activating group) is 1. The number of non-ortho nitro benzene ring substituents is 1. The van der Waals surface area contributed by atoms with Gasteiger partial charge in [0.2, 0.25) is 0 Å². The van der Waals surface area contributed by atoms with Gasteiger partial charge in [0.05, 0.1) is 27.2 Å². The summed E-state index contributed by atoms with van der Waals surface area (Å²) in [6.45, 7) is 2.04. The van der Waals surface area contributed by atoms with Crippen LogP contribution in [-0.2, 0) is 6.42 Å². The van der Waals surface area contributed by atoms with Gasteiger partial charge in [-0.05, 0) is 50.2 Å². The van der Waals surface area contributed by atoms with Crippen LogP contribution in [-0.4, -0.2) is 75.5 Å². The van der Waals surface area contributed by atoms with Crippen molar-refractivity contribution >= 4 is 29.3 Å². The van der Waals surface area contributed by atoms with E-state index < -0.39 is 11.0 Å². The zero-order valence-corrected chi connectivity index (χ0v) is 21.4. The van der Waals surface area contributed by atoms with Gasteiger partial charge in [0, 0.05) is 37.3 Å². The van der Waals surface area contributed by atoms with Crippen LogP contribution < -0.4 is 0 Å². The first-order chi connectivity index (χ1) is 18.7. The fraction of sp³-hybridized carbons (Fsp3) is 0.241. The van der Waals surface area contributed by atoms with Crippen LogP contribution in [0, 0.1) is 10.1 Å². The second-order valence-electron chi connectivity index (χ2n) is 9.83. The lowest BCUT2D eigenvalue weighted by molar-refractivity contribution is -0.384. The molecule has 0 aromatic heterocycles. The summed E-state index contributed by atoms with van der Waals surface area (Å²) in [5, 5.41) is 11.1. The molecular weight excluding hydrogens is 500 g/mol. The predicted octanol–water partition coefficient (Wildman–Crippen LogP) is 3.42. The highest BCUT2D eigenvalue weighted by molar-refractivity contribution is 6.22. The zero-order valence-electron chi connectivity index (χ0n) is 21.4. The summed E-state index contributed by atoms with van der Waals surface area (Å²) in [5.74, 6) is -1.48. The Bertz CT molecular complexity index is 1430. The quantitative estimate of drug-likeness (QED) is 0.238. The molecule has 198 valence electrons. The third-order valence-electron chi connectivity index (χ3n) is 7.49. The van der Waals surface area contributed by atoms with E-state index in [0.717, 1.165) is 5.56 Å². The lowest BCUT2D eigenvalue weighted by atomic mass is 10.0. The number of carbonyl (C=O) groups is 4. The van der Waals surface area contributed by atoms with Gasteiger partial charge < -0.3 is 0 Å². The molecule has 0 fully saturated rings. The van der Waals surface area contributed by atoms with Crippen molar-refractivity contribution in [1.29, 1.82) is 0 Å². The molecule has 3 aromatic rings. The van der Waals surface area contributed by atoms with E-state index in [1.807, 2.05) is 18.9 Å². The number of hydrogen-bond acceptors (Lipinski definition) is 7. The van der Waals surface area contributed by atoms with Crippen LogP contribution in [0.2, 0.25) is 0 Å². The van der Waals surface area contributed by atoms with Gasteiger partial charge in [0.15, 0.2) is 0 Å². The molecule has 0 unspecified atom stereocenters. The molecule has 2 aliphatic heterocycles. The van der Waals surface area contributed by atoms with Crippen molar-refractivity contribution in [2.45, 2.75) is 25.4 Å². The summed E-state index contributed by atoms with van der Waals surface area (Å²) in [4.78, 5) is 67.1. The van der Waals surface area contributed by atoms with Crippen LogP contribution in [0.5, 0.6) is 0 Å². The Hall–Kier alpha value is -4.70. The van der Waals surface area contributed by atoms with E-state index in [1.54, 1.807) is 60.7 Å². The number of fused-ring (bicyclic) bond motifs is 2. The van der Waals surface area contributed by atoms with Crippen LogP contribution in [0.15, 0.2) is 72.8 Å². The number of nitrogens with zero attached hydrogens (tertiary/aromatic N) is 4. The second kappa shape index (κ2) is 10.2. The Morgan fingerprint density at radius 3 is 1.54 bits per heavy atom. The van der Waals surface area contributed by atoms with Crippen molar-refractivity contribution in [3.8, 4) is 0 Å². The summed E-state index contributed by atoms with van der Waals surface area (Å²) in [6, 6.07) is 18.7. The van der Waals surface area contributed by atoms with Crippen molar-refractivity contribution in [1.82, 2.24) is 14.7 Å². The summed E-state index contributed by atoms with van der Waals surface area (Å²) in [5.41, 5.74) is 2.17. The Morgan fingerprint density at radius 1 is 0.718 bits per heavy atom. The number of benzene rings is 3. The monoisotopic (exact) mass is 526 g/mol. The molecular formula is C29H26N4O6. The maximum absolute atomic E-state index is 13.1. The second-order valence-corrected chi connectivity index (χ2v) is 9.83. The number of nitro benzene ring substituents is 1. The van der Waals surface area contributed by atoms with E-state index in [1.165, 1.54) is 21.9 Å². The van der Waals surface area contributed by atoms with Crippen molar-refractivity contribution in [3.05, 3.63) is 111 Å². The van der Waals surface area contributed by atoms with Gasteiger partial charge in [0.25, 0.3) is 29.3 Å². The Balaban J connectivity index is 1.39. The van der Waals surface area contributed by atoms with Crippen molar-refractivity contribution in [3.63, 3.8) is 0 Å². The summed E-state index contributed by atoms with van der Waals surface area (Å²) in [7, 11) is 1.82. The van der Waals surface area contributed by atoms with Crippen molar-refractivity contribution in [2.75, 3.05) is 20.1 Å². The average molecular weight is 527 g/mol. The van der Waals surface area contributed by atoms with Crippen LogP contribution in [0.4, 0.5) is 5.69 Å². The molecule has 10 nitrogen and oxygen atoms in total. The molecule has 2 heterocycles. The normalized spacial score (nSPS) is 16.1. The smallest absolute Gasteiger partial charge is 0.269 e. The van der Waals surface area contributed by atoms with E-state index in [0.29, 0.717) is 28.7 Å². The van der Waals surface area contributed by atoms with Crippen molar-refractivity contribution in [2.24, 2.45) is 0 Å². The number of rotatable bonds is 9. The Morgan fingerprint density at radius 2 is 1.13 bits per heavy atom. The van der Waals surface area contributed by atoms with E-state index in [4.69, 9.17) is 0 Å². The van der Waals surface area contributed by atoms with Gasteiger partial charge in [0.1, 0.15) is 0 Å². The number of imide groups is 2. The molecule has 2 aliphatic rings.